The highest BCUT2D eigenvalue weighted by atomic mass is 32.1. The maximum atomic E-state index is 11.3. The van der Waals surface area contributed by atoms with Crippen LogP contribution < -0.4 is 11.1 Å². The quantitative estimate of drug-likeness (QED) is 0.563. The topological polar surface area (TPSA) is 80.9 Å². The summed E-state index contributed by atoms with van der Waals surface area (Å²) in [6.07, 6.45) is 2.84. The van der Waals surface area contributed by atoms with Gasteiger partial charge in [-0.05, 0) is 24.4 Å². The van der Waals surface area contributed by atoms with Gasteiger partial charge in [-0.1, -0.05) is 16.7 Å². The van der Waals surface area contributed by atoms with E-state index in [0.717, 1.165) is 18.0 Å². The first-order valence-electron chi connectivity index (χ1n) is 4.04. The number of amides is 1. The second-order valence-electron chi connectivity index (χ2n) is 2.61. The lowest BCUT2D eigenvalue weighted by molar-refractivity contribution is 0.0957. The van der Waals surface area contributed by atoms with E-state index in [0.29, 0.717) is 22.8 Å². The Labute approximate surface area is 90.9 Å². The Bertz CT molecular complexity index is 311. The average Bonchev–Trinajstić information content (AvgIpc) is 2.64. The van der Waals surface area contributed by atoms with Gasteiger partial charge >= 0.3 is 0 Å². The Morgan fingerprint density at radius 1 is 1.71 bits per heavy atom. The minimum absolute atomic E-state index is 0.150. The molecule has 0 unspecified atom stereocenters. The highest BCUT2D eigenvalue weighted by molar-refractivity contribution is 7.80. The highest BCUT2D eigenvalue weighted by Crippen LogP contribution is 2.00. The Morgan fingerprint density at radius 2 is 2.50 bits per heavy atom. The molecule has 76 valence electrons. The highest BCUT2D eigenvalue weighted by Gasteiger charge is 2.06. The van der Waals surface area contributed by atoms with Gasteiger partial charge in [0.2, 0.25) is 0 Å². The van der Waals surface area contributed by atoms with Crippen LogP contribution in [0.4, 0.5) is 0 Å². The molecule has 0 aliphatic rings. The molecular weight excluding hydrogens is 220 g/mol. The molecule has 0 bridgehead atoms. The van der Waals surface area contributed by atoms with Gasteiger partial charge in [-0.3, -0.25) is 4.79 Å². The molecule has 0 saturated carbocycles. The van der Waals surface area contributed by atoms with Crippen molar-refractivity contribution in [1.82, 2.24) is 14.9 Å². The van der Waals surface area contributed by atoms with Gasteiger partial charge in [0.05, 0.1) is 11.2 Å². The zero-order chi connectivity index (χ0) is 10.4. The van der Waals surface area contributed by atoms with Crippen LogP contribution in [-0.4, -0.2) is 27.0 Å². The Morgan fingerprint density at radius 3 is 3.07 bits per heavy atom. The van der Waals surface area contributed by atoms with Crippen molar-refractivity contribution in [1.29, 1.82) is 0 Å². The van der Waals surface area contributed by atoms with Gasteiger partial charge < -0.3 is 11.1 Å². The van der Waals surface area contributed by atoms with Crippen LogP contribution in [0.2, 0.25) is 0 Å². The van der Waals surface area contributed by atoms with Crippen molar-refractivity contribution >= 4 is 34.6 Å². The number of nitrogens with one attached hydrogen (secondary N) is 1. The minimum Gasteiger partial charge on any atom is -0.393 e. The van der Waals surface area contributed by atoms with Gasteiger partial charge in [-0.2, -0.15) is 0 Å². The molecule has 0 aliphatic carbocycles. The van der Waals surface area contributed by atoms with E-state index in [1.807, 2.05) is 0 Å². The summed E-state index contributed by atoms with van der Waals surface area (Å²) in [4.78, 5) is 12.3. The van der Waals surface area contributed by atoms with Crippen molar-refractivity contribution in [2.24, 2.45) is 5.73 Å². The molecule has 5 nitrogen and oxygen atoms in total. The number of thiocarbonyl (C=S) groups is 1. The fourth-order valence-corrected chi connectivity index (χ4v) is 1.39. The van der Waals surface area contributed by atoms with E-state index in [1.165, 1.54) is 6.20 Å². The van der Waals surface area contributed by atoms with Crippen LogP contribution in [0.5, 0.6) is 0 Å². The van der Waals surface area contributed by atoms with Crippen molar-refractivity contribution < 1.29 is 4.79 Å². The number of carbonyl (C=O) groups is 1. The van der Waals surface area contributed by atoms with E-state index in [2.05, 4.69) is 14.9 Å². The monoisotopic (exact) mass is 230 g/mol. The number of hydrogen-bond donors (Lipinski definition) is 2. The van der Waals surface area contributed by atoms with Gasteiger partial charge in [-0.25, -0.2) is 0 Å². The van der Waals surface area contributed by atoms with E-state index < -0.39 is 0 Å². The lowest BCUT2D eigenvalue weighted by Gasteiger charge is -2.01. The fourth-order valence-electron chi connectivity index (χ4n) is 0.819. The van der Waals surface area contributed by atoms with Crippen molar-refractivity contribution in [3.05, 3.63) is 11.1 Å². The maximum Gasteiger partial charge on any atom is 0.264 e. The van der Waals surface area contributed by atoms with Gasteiger partial charge in [0.15, 0.2) is 0 Å². The third-order valence-electron chi connectivity index (χ3n) is 1.47. The van der Waals surface area contributed by atoms with Crippen LogP contribution >= 0.6 is 23.8 Å². The summed E-state index contributed by atoms with van der Waals surface area (Å²) in [6.45, 7) is 0.564. The molecule has 0 aliphatic heterocycles. The number of rotatable bonds is 5. The van der Waals surface area contributed by atoms with Gasteiger partial charge in [0.25, 0.3) is 5.91 Å². The Hall–Kier alpha value is -1.08. The second-order valence-corrected chi connectivity index (χ2v) is 3.92. The molecule has 0 saturated heterocycles. The molecular formula is C7H10N4OS2. The van der Waals surface area contributed by atoms with Gasteiger partial charge in [0, 0.05) is 6.54 Å². The van der Waals surface area contributed by atoms with E-state index in [1.54, 1.807) is 0 Å². The first-order valence-corrected chi connectivity index (χ1v) is 5.22. The molecule has 1 amide bonds. The Kier molecular flexibility index (Phi) is 4.41. The van der Waals surface area contributed by atoms with Crippen LogP contribution in [-0.2, 0) is 0 Å². The van der Waals surface area contributed by atoms with E-state index >= 15 is 0 Å². The maximum absolute atomic E-state index is 11.3. The van der Waals surface area contributed by atoms with Crippen molar-refractivity contribution in [2.45, 2.75) is 12.8 Å². The largest absolute Gasteiger partial charge is 0.393 e. The summed E-state index contributed by atoms with van der Waals surface area (Å²) in [6, 6.07) is 0. The van der Waals surface area contributed by atoms with Crippen LogP contribution in [0.25, 0.3) is 0 Å². The van der Waals surface area contributed by atoms with Crippen LogP contribution in [0.1, 0.15) is 22.5 Å². The smallest absolute Gasteiger partial charge is 0.264 e. The van der Waals surface area contributed by atoms with Gasteiger partial charge in [-0.15, -0.1) is 5.10 Å². The predicted octanol–water partition coefficient (Wildman–Crippen LogP) is 0.334. The van der Waals surface area contributed by atoms with Crippen molar-refractivity contribution in [3.8, 4) is 0 Å². The normalized spacial score (nSPS) is 9.71. The van der Waals surface area contributed by atoms with Crippen LogP contribution in [0.15, 0.2) is 6.20 Å². The first kappa shape index (κ1) is 11.0. The standard InChI is InChI=1S/C7H10N4OS2/c8-6(13)2-1-3-9-7(12)5-4-10-11-14-5/h4H,1-3H2,(H2,8,13)(H,9,12). The summed E-state index contributed by atoms with van der Waals surface area (Å²) in [5, 5.41) is 6.28. The first-order chi connectivity index (χ1) is 6.70. The van der Waals surface area contributed by atoms with Crippen molar-refractivity contribution in [3.63, 3.8) is 0 Å². The van der Waals surface area contributed by atoms with Crippen molar-refractivity contribution in [2.75, 3.05) is 6.54 Å². The number of nitrogens with zero attached hydrogens (tertiary/aromatic N) is 2. The van der Waals surface area contributed by atoms with E-state index in [4.69, 9.17) is 18.0 Å². The molecule has 0 radical (unpaired) electrons. The fraction of sp³-hybridized carbons (Fsp3) is 0.429. The number of carbonyl (C=O) groups excluding carboxylic acids is 1. The molecule has 3 N–H and O–H groups in total. The number of aromatic nitrogens is 2. The third-order valence-corrected chi connectivity index (χ3v) is 2.34. The zero-order valence-electron chi connectivity index (χ0n) is 7.40. The molecule has 0 aromatic carbocycles. The van der Waals surface area contributed by atoms with E-state index in [9.17, 15) is 4.79 Å². The van der Waals surface area contributed by atoms with Crippen LogP contribution in [0.3, 0.4) is 0 Å². The number of nitrogens with two attached hydrogens (primary N) is 1. The summed E-state index contributed by atoms with van der Waals surface area (Å²) in [7, 11) is 0. The van der Waals surface area contributed by atoms with E-state index in [-0.39, 0.29) is 5.91 Å². The summed E-state index contributed by atoms with van der Waals surface area (Å²) in [5.41, 5.74) is 5.30. The molecule has 1 aromatic rings. The third kappa shape index (κ3) is 3.75. The average molecular weight is 230 g/mol. The molecule has 1 heterocycles. The minimum atomic E-state index is -0.150. The molecule has 14 heavy (non-hydrogen) atoms. The SMILES string of the molecule is NC(=S)CCCNC(=O)c1cnns1. The number of hydrogen-bond acceptors (Lipinski definition) is 5. The molecule has 0 spiro atoms. The molecule has 7 heteroatoms. The molecule has 1 rings (SSSR count). The Balaban J connectivity index is 2.19. The van der Waals surface area contributed by atoms with Gasteiger partial charge in [0.1, 0.15) is 4.88 Å². The predicted molar refractivity (Wildman–Crippen MR) is 58.3 cm³/mol. The molecule has 0 fully saturated rings. The summed E-state index contributed by atoms with van der Waals surface area (Å²) in [5.74, 6) is -0.150. The molecule has 0 atom stereocenters. The summed E-state index contributed by atoms with van der Waals surface area (Å²) < 4.78 is 3.59. The van der Waals surface area contributed by atoms with Crippen LogP contribution in [0, 0.1) is 0 Å². The lowest BCUT2D eigenvalue weighted by atomic mass is 10.3. The molecule has 1 aromatic heterocycles. The summed E-state index contributed by atoms with van der Waals surface area (Å²) >= 11 is 5.77. The lowest BCUT2D eigenvalue weighted by Crippen LogP contribution is -2.24. The zero-order valence-corrected chi connectivity index (χ0v) is 9.03. The second kappa shape index (κ2) is 5.61.